The van der Waals surface area contributed by atoms with Crippen LogP contribution in [0.1, 0.15) is 5.56 Å². The van der Waals surface area contributed by atoms with Crippen molar-refractivity contribution in [3.8, 4) is 17.2 Å². The first-order valence-corrected chi connectivity index (χ1v) is 7.83. The van der Waals surface area contributed by atoms with Crippen LogP contribution >= 0.6 is 0 Å². The van der Waals surface area contributed by atoms with Crippen LogP contribution in [-0.4, -0.2) is 16.2 Å². The molecule has 0 aliphatic carbocycles. The maximum Gasteiger partial charge on any atom is 0.315 e. The van der Waals surface area contributed by atoms with Gasteiger partial charge in [0.15, 0.2) is 0 Å². The van der Waals surface area contributed by atoms with E-state index in [1.807, 2.05) is 42.5 Å². The van der Waals surface area contributed by atoms with Gasteiger partial charge in [0.1, 0.15) is 5.75 Å². The fourth-order valence-electron chi connectivity index (χ4n) is 2.73. The molecule has 0 aliphatic heterocycles. The van der Waals surface area contributed by atoms with Crippen LogP contribution in [0.25, 0.3) is 22.2 Å². The Balaban J connectivity index is 1.48. The molecule has 5 nitrogen and oxygen atoms in total. The van der Waals surface area contributed by atoms with Crippen LogP contribution in [0, 0.1) is 0 Å². The van der Waals surface area contributed by atoms with E-state index < -0.39 is 0 Å². The number of aromatic nitrogens is 2. The number of hydrogen-bond acceptors (Lipinski definition) is 5. The van der Waals surface area contributed by atoms with Gasteiger partial charge in [0.25, 0.3) is 0 Å². The number of ether oxygens (including phenoxy) is 1. The molecule has 0 spiro atoms. The van der Waals surface area contributed by atoms with Crippen LogP contribution in [0.4, 0.5) is 0 Å². The lowest BCUT2D eigenvalue weighted by molar-refractivity contribution is -0.133. The van der Waals surface area contributed by atoms with Gasteiger partial charge in [-0.3, -0.25) is 4.79 Å². The van der Waals surface area contributed by atoms with E-state index in [0.29, 0.717) is 11.6 Å². The van der Waals surface area contributed by atoms with Crippen molar-refractivity contribution in [2.75, 3.05) is 0 Å². The van der Waals surface area contributed by atoms with Gasteiger partial charge < -0.3 is 9.15 Å². The molecule has 0 radical (unpaired) electrons. The average molecular weight is 330 g/mol. The smallest absolute Gasteiger partial charge is 0.315 e. The first-order valence-electron chi connectivity index (χ1n) is 7.83. The van der Waals surface area contributed by atoms with E-state index >= 15 is 0 Å². The Kier molecular flexibility index (Phi) is 3.96. The van der Waals surface area contributed by atoms with Crippen molar-refractivity contribution in [2.45, 2.75) is 6.42 Å². The summed E-state index contributed by atoms with van der Waals surface area (Å²) in [5.74, 6) is 0.601. The molecule has 0 saturated carbocycles. The minimum Gasteiger partial charge on any atom is -0.426 e. The average Bonchev–Trinajstić information content (AvgIpc) is 3.17. The fraction of sp³-hybridized carbons (Fsp3) is 0.0500. The Hall–Kier alpha value is -3.47. The van der Waals surface area contributed by atoms with Crippen LogP contribution in [0.3, 0.4) is 0 Å². The van der Waals surface area contributed by atoms with Gasteiger partial charge in [-0.2, -0.15) is 0 Å². The molecule has 5 heteroatoms. The molecular formula is C20H14N2O3. The minimum atomic E-state index is -0.304. The molecule has 0 atom stereocenters. The molecule has 4 rings (SSSR count). The van der Waals surface area contributed by atoms with Gasteiger partial charge in [-0.05, 0) is 40.6 Å². The lowest BCUT2D eigenvalue weighted by Gasteiger charge is -2.07. The van der Waals surface area contributed by atoms with Crippen molar-refractivity contribution in [3.05, 3.63) is 78.7 Å². The third kappa shape index (κ3) is 3.26. The summed E-state index contributed by atoms with van der Waals surface area (Å²) in [5, 5.41) is 9.65. The van der Waals surface area contributed by atoms with Crippen LogP contribution in [0.5, 0.6) is 5.75 Å². The first-order chi connectivity index (χ1) is 12.3. The van der Waals surface area contributed by atoms with E-state index in [9.17, 15) is 4.79 Å². The number of benzene rings is 3. The highest BCUT2D eigenvalue weighted by molar-refractivity contribution is 5.89. The SMILES string of the molecule is O=C(Cc1cccc2ccccc12)Oc1ccc(-c2nnco2)cc1. The summed E-state index contributed by atoms with van der Waals surface area (Å²) in [6.45, 7) is 0. The van der Waals surface area contributed by atoms with Crippen molar-refractivity contribution < 1.29 is 13.9 Å². The van der Waals surface area contributed by atoms with Crippen molar-refractivity contribution in [1.29, 1.82) is 0 Å². The highest BCUT2D eigenvalue weighted by Crippen LogP contribution is 2.22. The standard InChI is InChI=1S/C20H14N2O3/c23-19(12-16-6-3-5-14-4-1-2-7-18(14)16)25-17-10-8-15(9-11-17)20-22-21-13-24-20/h1-11,13H,12H2. The molecule has 0 fully saturated rings. The van der Waals surface area contributed by atoms with Gasteiger partial charge in [0.2, 0.25) is 12.3 Å². The number of esters is 1. The third-order valence-corrected chi connectivity index (χ3v) is 3.91. The summed E-state index contributed by atoms with van der Waals surface area (Å²) in [5.41, 5.74) is 1.72. The Bertz CT molecular complexity index is 1000. The van der Waals surface area contributed by atoms with E-state index in [4.69, 9.17) is 9.15 Å². The predicted octanol–water partition coefficient (Wildman–Crippen LogP) is 4.04. The molecule has 0 unspecified atom stereocenters. The summed E-state index contributed by atoms with van der Waals surface area (Å²) in [6, 6.07) is 20.9. The van der Waals surface area contributed by atoms with E-state index in [2.05, 4.69) is 10.2 Å². The second-order valence-corrected chi connectivity index (χ2v) is 5.56. The Morgan fingerprint density at radius 1 is 0.960 bits per heavy atom. The van der Waals surface area contributed by atoms with E-state index in [-0.39, 0.29) is 12.4 Å². The zero-order chi connectivity index (χ0) is 17.1. The molecule has 3 aromatic carbocycles. The van der Waals surface area contributed by atoms with Crippen LogP contribution in [0.15, 0.2) is 77.5 Å². The summed E-state index contributed by atoms with van der Waals surface area (Å²) in [7, 11) is 0. The van der Waals surface area contributed by atoms with Crippen molar-refractivity contribution >= 4 is 16.7 Å². The lowest BCUT2D eigenvalue weighted by Crippen LogP contribution is -2.11. The summed E-state index contributed by atoms with van der Waals surface area (Å²) in [4.78, 5) is 12.3. The number of fused-ring (bicyclic) bond motifs is 1. The number of carbonyl (C=O) groups excluding carboxylic acids is 1. The Morgan fingerprint density at radius 2 is 1.76 bits per heavy atom. The van der Waals surface area contributed by atoms with Gasteiger partial charge >= 0.3 is 5.97 Å². The highest BCUT2D eigenvalue weighted by atomic mass is 16.5. The molecule has 4 aromatic rings. The summed E-state index contributed by atoms with van der Waals surface area (Å²) in [6.07, 6.45) is 1.49. The fourth-order valence-corrected chi connectivity index (χ4v) is 2.73. The monoisotopic (exact) mass is 330 g/mol. The maximum absolute atomic E-state index is 12.3. The van der Waals surface area contributed by atoms with E-state index in [1.54, 1.807) is 24.3 Å². The highest BCUT2D eigenvalue weighted by Gasteiger charge is 2.10. The molecular weight excluding hydrogens is 316 g/mol. The van der Waals surface area contributed by atoms with Crippen molar-refractivity contribution in [1.82, 2.24) is 10.2 Å². The van der Waals surface area contributed by atoms with Gasteiger partial charge in [-0.25, -0.2) is 0 Å². The zero-order valence-electron chi connectivity index (χ0n) is 13.3. The molecule has 122 valence electrons. The van der Waals surface area contributed by atoms with Crippen molar-refractivity contribution in [2.24, 2.45) is 0 Å². The first kappa shape index (κ1) is 15.1. The molecule has 0 saturated heterocycles. The normalized spacial score (nSPS) is 10.7. The van der Waals surface area contributed by atoms with Gasteiger partial charge in [0.05, 0.1) is 6.42 Å². The second kappa shape index (κ2) is 6.57. The summed E-state index contributed by atoms with van der Waals surface area (Å²) >= 11 is 0. The zero-order valence-corrected chi connectivity index (χ0v) is 13.3. The Labute approximate surface area is 143 Å². The minimum absolute atomic E-state index is 0.215. The number of nitrogens with zero attached hydrogens (tertiary/aromatic N) is 2. The molecule has 0 aliphatic rings. The quantitative estimate of drug-likeness (QED) is 0.417. The topological polar surface area (TPSA) is 65.2 Å². The van der Waals surface area contributed by atoms with Gasteiger partial charge in [0, 0.05) is 5.56 Å². The third-order valence-electron chi connectivity index (χ3n) is 3.91. The maximum atomic E-state index is 12.3. The number of carbonyl (C=O) groups is 1. The number of hydrogen-bond donors (Lipinski definition) is 0. The molecule has 25 heavy (non-hydrogen) atoms. The molecule has 0 bridgehead atoms. The Morgan fingerprint density at radius 3 is 2.56 bits per heavy atom. The van der Waals surface area contributed by atoms with Crippen LogP contribution in [0.2, 0.25) is 0 Å². The van der Waals surface area contributed by atoms with Gasteiger partial charge in [-0.15, -0.1) is 10.2 Å². The van der Waals surface area contributed by atoms with E-state index in [0.717, 1.165) is 21.9 Å². The molecule has 1 aromatic heterocycles. The lowest BCUT2D eigenvalue weighted by atomic mass is 10.0. The molecule has 1 heterocycles. The summed E-state index contributed by atoms with van der Waals surface area (Å²) < 4.78 is 10.6. The number of rotatable bonds is 4. The van der Waals surface area contributed by atoms with Crippen LogP contribution < -0.4 is 4.74 Å². The van der Waals surface area contributed by atoms with Crippen molar-refractivity contribution in [3.63, 3.8) is 0 Å². The molecule has 0 amide bonds. The van der Waals surface area contributed by atoms with Crippen LogP contribution in [-0.2, 0) is 11.2 Å². The second-order valence-electron chi connectivity index (χ2n) is 5.56. The van der Waals surface area contributed by atoms with Gasteiger partial charge in [-0.1, -0.05) is 42.5 Å². The predicted molar refractivity (Wildman–Crippen MR) is 93.0 cm³/mol. The van der Waals surface area contributed by atoms with E-state index in [1.165, 1.54) is 6.39 Å². The largest absolute Gasteiger partial charge is 0.426 e. The molecule has 0 N–H and O–H groups in total.